The predicted octanol–water partition coefficient (Wildman–Crippen LogP) is 3.05. The molecular weight excluding hydrogens is 300 g/mol. The van der Waals surface area contributed by atoms with Crippen molar-refractivity contribution in [2.75, 3.05) is 12.4 Å². The molecule has 0 aromatic heterocycles. The number of amides is 1. The summed E-state index contributed by atoms with van der Waals surface area (Å²) in [4.78, 5) is 12.4. The summed E-state index contributed by atoms with van der Waals surface area (Å²) in [7, 11) is 1.66. The van der Waals surface area contributed by atoms with Crippen LogP contribution < -0.4 is 15.4 Å². The van der Waals surface area contributed by atoms with Gasteiger partial charge < -0.3 is 15.4 Å². The minimum Gasteiger partial charge on any atom is -0.497 e. The average Bonchev–Trinajstić information content (AvgIpc) is 2.61. The van der Waals surface area contributed by atoms with Gasteiger partial charge in [-0.05, 0) is 50.2 Å². The number of anilines is 1. The summed E-state index contributed by atoms with van der Waals surface area (Å²) in [6.07, 6.45) is 0.953. The molecule has 0 aliphatic carbocycles. The third kappa shape index (κ3) is 4.83. The molecule has 128 valence electrons. The molecule has 2 rings (SSSR count). The van der Waals surface area contributed by atoms with E-state index in [1.54, 1.807) is 7.11 Å². The molecule has 0 radical (unpaired) electrons. The minimum atomic E-state index is -0.168. The van der Waals surface area contributed by atoms with Crippen LogP contribution in [0.4, 0.5) is 5.69 Å². The molecule has 0 heterocycles. The molecule has 2 aromatic rings. The lowest BCUT2D eigenvalue weighted by atomic mass is 10.0. The zero-order chi connectivity index (χ0) is 17.5. The maximum atomic E-state index is 12.4. The fourth-order valence-electron chi connectivity index (χ4n) is 2.66. The van der Waals surface area contributed by atoms with Crippen molar-refractivity contribution in [2.24, 2.45) is 0 Å². The lowest BCUT2D eigenvalue weighted by molar-refractivity contribution is -0.713. The molecule has 2 aromatic carbocycles. The lowest BCUT2D eigenvalue weighted by Gasteiger charge is -2.19. The van der Waals surface area contributed by atoms with Crippen LogP contribution in [0.1, 0.15) is 37.4 Å². The summed E-state index contributed by atoms with van der Waals surface area (Å²) in [6, 6.07) is 16.0. The van der Waals surface area contributed by atoms with E-state index in [0.717, 1.165) is 17.9 Å². The first kappa shape index (κ1) is 18.0. The van der Waals surface area contributed by atoms with Crippen molar-refractivity contribution < 1.29 is 14.8 Å². The zero-order valence-electron chi connectivity index (χ0n) is 14.9. The first-order valence-electron chi connectivity index (χ1n) is 8.40. The second-order valence-electron chi connectivity index (χ2n) is 6.12. The van der Waals surface area contributed by atoms with Gasteiger partial charge in [-0.25, -0.2) is 0 Å². The van der Waals surface area contributed by atoms with Crippen LogP contribution >= 0.6 is 0 Å². The molecule has 0 unspecified atom stereocenters. The average molecular weight is 327 g/mol. The number of aryl methyl sites for hydroxylation is 1. The van der Waals surface area contributed by atoms with Gasteiger partial charge in [-0.3, -0.25) is 4.79 Å². The number of methoxy groups -OCH3 is 1. The smallest absolute Gasteiger partial charge is 0.282 e. The third-order valence-electron chi connectivity index (χ3n) is 4.24. The van der Waals surface area contributed by atoms with Crippen molar-refractivity contribution in [1.29, 1.82) is 0 Å². The molecule has 3 N–H and O–H groups in total. The first-order valence-corrected chi connectivity index (χ1v) is 8.40. The van der Waals surface area contributed by atoms with Gasteiger partial charge in [0, 0.05) is 17.7 Å². The number of hydrogen-bond acceptors (Lipinski definition) is 2. The van der Waals surface area contributed by atoms with Crippen molar-refractivity contribution in [2.45, 2.75) is 39.3 Å². The van der Waals surface area contributed by atoms with Crippen LogP contribution in [0.15, 0.2) is 48.5 Å². The van der Waals surface area contributed by atoms with E-state index in [-0.39, 0.29) is 18.0 Å². The normalized spacial score (nSPS) is 13.2. The summed E-state index contributed by atoms with van der Waals surface area (Å²) in [5, 5.41) is 5.09. The largest absolute Gasteiger partial charge is 0.497 e. The molecule has 0 bridgehead atoms. The van der Waals surface area contributed by atoms with Gasteiger partial charge in [0.25, 0.3) is 5.91 Å². The van der Waals surface area contributed by atoms with Gasteiger partial charge in [-0.2, -0.15) is 0 Å². The monoisotopic (exact) mass is 327 g/mol. The number of nitrogens with one attached hydrogen (secondary N) is 1. The highest BCUT2D eigenvalue weighted by Gasteiger charge is 2.22. The summed E-state index contributed by atoms with van der Waals surface area (Å²) < 4.78 is 5.20. The molecule has 1 amide bonds. The molecule has 4 heteroatoms. The fraction of sp³-hybridized carbons (Fsp3) is 0.350. The molecule has 2 atom stereocenters. The quantitative estimate of drug-likeness (QED) is 0.821. The summed E-state index contributed by atoms with van der Waals surface area (Å²) in [5.74, 6) is 0.865. The van der Waals surface area contributed by atoms with Crippen molar-refractivity contribution in [3.05, 3.63) is 59.7 Å². The third-order valence-corrected chi connectivity index (χ3v) is 4.24. The Labute approximate surface area is 144 Å². The molecule has 0 saturated heterocycles. The van der Waals surface area contributed by atoms with Gasteiger partial charge in [-0.1, -0.05) is 24.6 Å². The summed E-state index contributed by atoms with van der Waals surface area (Å²) >= 11 is 0. The second-order valence-corrected chi connectivity index (χ2v) is 6.12. The van der Waals surface area contributed by atoms with Crippen molar-refractivity contribution >= 4 is 11.6 Å². The molecule has 4 nitrogen and oxygen atoms in total. The van der Waals surface area contributed by atoms with Gasteiger partial charge in [-0.15, -0.1) is 0 Å². The molecule has 0 saturated carbocycles. The molecular formula is C20H27N2O2+. The van der Waals surface area contributed by atoms with Crippen molar-refractivity contribution in [3.63, 3.8) is 0 Å². The number of ether oxygens (including phenoxy) is 1. The Hall–Kier alpha value is -2.33. The number of hydrogen-bond donors (Lipinski definition) is 2. The maximum Gasteiger partial charge on any atom is 0.282 e. The van der Waals surface area contributed by atoms with Gasteiger partial charge in [0.15, 0.2) is 6.04 Å². The molecule has 0 spiro atoms. The van der Waals surface area contributed by atoms with Crippen LogP contribution in [0.3, 0.4) is 0 Å². The summed E-state index contributed by atoms with van der Waals surface area (Å²) in [6.45, 7) is 6.11. The highest BCUT2D eigenvalue weighted by atomic mass is 16.5. The lowest BCUT2D eigenvalue weighted by Crippen LogP contribution is -2.92. The van der Waals surface area contributed by atoms with E-state index in [0.29, 0.717) is 0 Å². The van der Waals surface area contributed by atoms with E-state index in [9.17, 15) is 4.79 Å². The van der Waals surface area contributed by atoms with Crippen molar-refractivity contribution in [3.8, 4) is 5.75 Å². The number of carbonyl (C=O) groups is 1. The molecule has 0 aliphatic heterocycles. The van der Waals surface area contributed by atoms with E-state index in [1.165, 1.54) is 11.1 Å². The van der Waals surface area contributed by atoms with Crippen LogP contribution in [-0.4, -0.2) is 19.1 Å². The number of carbonyl (C=O) groups excluding carboxylic acids is 1. The van der Waals surface area contributed by atoms with Gasteiger partial charge in [0.2, 0.25) is 0 Å². The Morgan fingerprint density at radius 3 is 2.29 bits per heavy atom. The zero-order valence-corrected chi connectivity index (χ0v) is 14.9. The van der Waals surface area contributed by atoms with Crippen LogP contribution in [0.2, 0.25) is 0 Å². The fourth-order valence-corrected chi connectivity index (χ4v) is 2.66. The van der Waals surface area contributed by atoms with E-state index in [2.05, 4.69) is 29.7 Å². The van der Waals surface area contributed by atoms with Gasteiger partial charge >= 0.3 is 0 Å². The van der Waals surface area contributed by atoms with Crippen molar-refractivity contribution in [1.82, 2.24) is 0 Å². The van der Waals surface area contributed by atoms with E-state index >= 15 is 0 Å². The Balaban J connectivity index is 1.98. The number of nitrogens with two attached hydrogens (primary N) is 1. The van der Waals surface area contributed by atoms with Crippen LogP contribution in [0.25, 0.3) is 0 Å². The standard InChI is InChI=1S/C20H26N2O2/c1-5-19(16-8-12-18(24-4)13-9-16)21-15(3)20(23)22-17-10-6-14(2)7-11-17/h6-13,15,19,21H,5H2,1-4H3,(H,22,23)/p+1/t15-,19+/m1/s1. The maximum absolute atomic E-state index is 12.4. The SMILES string of the molecule is CC[C@H]([NH2+][C@H](C)C(=O)Nc1ccc(C)cc1)c1ccc(OC)cc1. The Morgan fingerprint density at radius 2 is 1.75 bits per heavy atom. The van der Waals surface area contributed by atoms with E-state index in [4.69, 9.17) is 4.74 Å². The Bertz CT molecular complexity index is 650. The topological polar surface area (TPSA) is 54.9 Å². The molecule has 24 heavy (non-hydrogen) atoms. The van der Waals surface area contributed by atoms with Gasteiger partial charge in [0.1, 0.15) is 11.8 Å². The predicted molar refractivity (Wildman–Crippen MR) is 97.2 cm³/mol. The second kappa shape index (κ2) is 8.50. The molecule has 0 fully saturated rings. The van der Waals surface area contributed by atoms with Crippen LogP contribution in [0, 0.1) is 6.92 Å². The van der Waals surface area contributed by atoms with Gasteiger partial charge in [0.05, 0.1) is 7.11 Å². The first-order chi connectivity index (χ1) is 11.5. The van der Waals surface area contributed by atoms with E-state index < -0.39 is 0 Å². The Morgan fingerprint density at radius 1 is 1.12 bits per heavy atom. The number of rotatable bonds is 7. The molecule has 0 aliphatic rings. The Kier molecular flexibility index (Phi) is 6.38. The minimum absolute atomic E-state index is 0.0193. The number of benzene rings is 2. The van der Waals surface area contributed by atoms with Crippen LogP contribution in [0.5, 0.6) is 5.75 Å². The van der Waals surface area contributed by atoms with Crippen LogP contribution in [-0.2, 0) is 4.79 Å². The highest BCUT2D eigenvalue weighted by Crippen LogP contribution is 2.17. The van der Waals surface area contributed by atoms with E-state index in [1.807, 2.05) is 50.2 Å². The summed E-state index contributed by atoms with van der Waals surface area (Å²) in [5.41, 5.74) is 3.22. The number of quaternary nitrogens is 1. The highest BCUT2D eigenvalue weighted by molar-refractivity contribution is 5.93.